The van der Waals surface area contributed by atoms with Crippen molar-refractivity contribution < 1.29 is 17.9 Å². The number of benzene rings is 2. The number of nitrogens with zero attached hydrogens (tertiary/aromatic N) is 1. The molecule has 3 rings (SSSR count). The summed E-state index contributed by atoms with van der Waals surface area (Å²) in [5.41, 5.74) is 1.12. The lowest BCUT2D eigenvalue weighted by Crippen LogP contribution is -2.28. The largest absolute Gasteiger partial charge is 0.462 e. The number of rotatable bonds is 7. The molecule has 0 spiro atoms. The summed E-state index contributed by atoms with van der Waals surface area (Å²) in [5, 5.41) is 0.874. The van der Waals surface area contributed by atoms with Crippen molar-refractivity contribution in [3.8, 4) is 0 Å². The monoisotopic (exact) mass is 404 g/mol. The van der Waals surface area contributed by atoms with Gasteiger partial charge in [0.15, 0.2) is 0 Å². The van der Waals surface area contributed by atoms with Crippen molar-refractivity contribution in [1.82, 2.24) is 9.71 Å². The first kappa shape index (κ1) is 19.5. The van der Waals surface area contributed by atoms with Gasteiger partial charge < -0.3 is 4.74 Å². The predicted molar refractivity (Wildman–Crippen MR) is 106 cm³/mol. The molecule has 142 valence electrons. The summed E-state index contributed by atoms with van der Waals surface area (Å²) in [4.78, 5) is 16.4. The molecule has 1 aromatic heterocycles. The van der Waals surface area contributed by atoms with Crippen molar-refractivity contribution in [1.29, 1.82) is 0 Å². The molecule has 1 atom stereocenters. The van der Waals surface area contributed by atoms with Crippen LogP contribution in [0, 0.1) is 0 Å². The SMILES string of the molecule is CCOC(=O)c1cccc(S(=O)(=O)NCC(C)c2nc3ccccc3s2)c1. The normalized spacial score (nSPS) is 12.8. The van der Waals surface area contributed by atoms with Gasteiger partial charge in [-0.15, -0.1) is 11.3 Å². The first-order valence-corrected chi connectivity index (χ1v) is 10.8. The number of hydrogen-bond acceptors (Lipinski definition) is 6. The van der Waals surface area contributed by atoms with Crippen LogP contribution in [-0.2, 0) is 14.8 Å². The molecule has 0 aliphatic carbocycles. The van der Waals surface area contributed by atoms with E-state index in [9.17, 15) is 13.2 Å². The molecule has 0 bridgehead atoms. The van der Waals surface area contributed by atoms with Gasteiger partial charge >= 0.3 is 5.97 Å². The lowest BCUT2D eigenvalue weighted by atomic mass is 10.2. The second kappa shape index (κ2) is 8.16. The molecule has 1 N–H and O–H groups in total. The zero-order chi connectivity index (χ0) is 19.4. The molecule has 0 saturated heterocycles. The molecule has 0 aliphatic heterocycles. The molecule has 27 heavy (non-hydrogen) atoms. The van der Waals surface area contributed by atoms with Gasteiger partial charge in [0.05, 0.1) is 32.3 Å². The number of thiazole rings is 1. The molecule has 0 saturated carbocycles. The second-order valence-corrected chi connectivity index (χ2v) is 8.85. The number of nitrogens with one attached hydrogen (secondary N) is 1. The third-order valence-electron chi connectivity index (χ3n) is 3.97. The average molecular weight is 405 g/mol. The summed E-state index contributed by atoms with van der Waals surface area (Å²) < 4.78 is 33.8. The Hall–Kier alpha value is -2.29. The average Bonchev–Trinajstić information content (AvgIpc) is 3.11. The number of aromatic nitrogens is 1. The Morgan fingerprint density at radius 1 is 1.22 bits per heavy atom. The van der Waals surface area contributed by atoms with E-state index < -0.39 is 16.0 Å². The molecule has 0 amide bonds. The molecule has 0 fully saturated rings. The fourth-order valence-corrected chi connectivity index (χ4v) is 4.71. The number of carbonyl (C=O) groups excluding carboxylic acids is 1. The molecule has 1 unspecified atom stereocenters. The Labute approximate surface area is 162 Å². The Kier molecular flexibility index (Phi) is 5.88. The first-order valence-electron chi connectivity index (χ1n) is 8.53. The number of para-hydroxylation sites is 1. The van der Waals surface area contributed by atoms with Crippen molar-refractivity contribution in [3.05, 3.63) is 59.1 Å². The van der Waals surface area contributed by atoms with Crippen LogP contribution >= 0.6 is 11.3 Å². The predicted octanol–water partition coefficient (Wildman–Crippen LogP) is 3.56. The van der Waals surface area contributed by atoms with E-state index in [0.717, 1.165) is 15.2 Å². The summed E-state index contributed by atoms with van der Waals surface area (Å²) >= 11 is 1.56. The highest BCUT2D eigenvalue weighted by atomic mass is 32.2. The van der Waals surface area contributed by atoms with E-state index in [1.807, 2.05) is 31.2 Å². The van der Waals surface area contributed by atoms with Crippen molar-refractivity contribution in [2.24, 2.45) is 0 Å². The van der Waals surface area contributed by atoms with Crippen molar-refractivity contribution in [3.63, 3.8) is 0 Å². The van der Waals surface area contributed by atoms with Crippen LogP contribution in [0.4, 0.5) is 0 Å². The minimum absolute atomic E-state index is 0.0320. The number of fused-ring (bicyclic) bond motifs is 1. The van der Waals surface area contributed by atoms with E-state index in [-0.39, 0.29) is 29.5 Å². The third-order valence-corrected chi connectivity index (χ3v) is 6.66. The van der Waals surface area contributed by atoms with Crippen LogP contribution in [0.2, 0.25) is 0 Å². The molecule has 2 aromatic carbocycles. The minimum atomic E-state index is -3.75. The third kappa shape index (κ3) is 4.52. The van der Waals surface area contributed by atoms with Crippen molar-refractivity contribution in [2.45, 2.75) is 24.7 Å². The maximum Gasteiger partial charge on any atom is 0.338 e. The van der Waals surface area contributed by atoms with Crippen LogP contribution in [0.5, 0.6) is 0 Å². The van der Waals surface area contributed by atoms with Crippen LogP contribution in [0.3, 0.4) is 0 Å². The Balaban J connectivity index is 1.72. The second-order valence-electron chi connectivity index (χ2n) is 6.02. The summed E-state index contributed by atoms with van der Waals surface area (Å²) in [6.07, 6.45) is 0. The number of ether oxygens (including phenoxy) is 1. The molecular formula is C19H20N2O4S2. The van der Waals surface area contributed by atoms with Gasteiger partial charge in [-0.1, -0.05) is 25.1 Å². The van der Waals surface area contributed by atoms with Crippen molar-refractivity contribution in [2.75, 3.05) is 13.2 Å². The van der Waals surface area contributed by atoms with E-state index in [1.54, 1.807) is 18.3 Å². The Morgan fingerprint density at radius 3 is 2.74 bits per heavy atom. The fourth-order valence-electron chi connectivity index (χ4n) is 2.51. The number of hydrogen-bond donors (Lipinski definition) is 1. The van der Waals surface area contributed by atoms with Crippen LogP contribution in [0.1, 0.15) is 35.1 Å². The van der Waals surface area contributed by atoms with E-state index >= 15 is 0 Å². The quantitative estimate of drug-likeness (QED) is 0.609. The topological polar surface area (TPSA) is 85.4 Å². The number of sulfonamides is 1. The van der Waals surface area contributed by atoms with Crippen LogP contribution in [0.25, 0.3) is 10.2 Å². The van der Waals surface area contributed by atoms with Gasteiger partial charge in [-0.25, -0.2) is 22.9 Å². The van der Waals surface area contributed by atoms with Gasteiger partial charge in [0.2, 0.25) is 10.0 Å². The molecule has 8 heteroatoms. The summed E-state index contributed by atoms with van der Waals surface area (Å²) in [6, 6.07) is 13.6. The maximum absolute atomic E-state index is 12.6. The molecule has 1 heterocycles. The molecule has 0 radical (unpaired) electrons. The summed E-state index contributed by atoms with van der Waals surface area (Å²) in [6.45, 7) is 4.07. The number of carbonyl (C=O) groups is 1. The van der Waals surface area contributed by atoms with Gasteiger partial charge in [-0.3, -0.25) is 0 Å². The van der Waals surface area contributed by atoms with E-state index in [1.165, 1.54) is 24.3 Å². The van der Waals surface area contributed by atoms with E-state index in [0.29, 0.717) is 0 Å². The smallest absolute Gasteiger partial charge is 0.338 e. The molecule has 6 nitrogen and oxygen atoms in total. The Bertz CT molecular complexity index is 1030. The maximum atomic E-state index is 12.6. The highest BCUT2D eigenvalue weighted by Crippen LogP contribution is 2.27. The lowest BCUT2D eigenvalue weighted by Gasteiger charge is -2.11. The summed E-state index contributed by atoms with van der Waals surface area (Å²) in [5.74, 6) is -0.622. The molecule has 0 aliphatic rings. The summed E-state index contributed by atoms with van der Waals surface area (Å²) in [7, 11) is -3.75. The van der Waals surface area contributed by atoms with E-state index in [4.69, 9.17) is 4.74 Å². The van der Waals surface area contributed by atoms with Crippen LogP contribution < -0.4 is 4.72 Å². The van der Waals surface area contributed by atoms with Crippen LogP contribution in [-0.4, -0.2) is 32.5 Å². The number of esters is 1. The zero-order valence-corrected chi connectivity index (χ0v) is 16.6. The molecule has 3 aromatic rings. The highest BCUT2D eigenvalue weighted by molar-refractivity contribution is 7.89. The molecular weight excluding hydrogens is 384 g/mol. The van der Waals surface area contributed by atoms with Gasteiger partial charge in [-0.05, 0) is 37.3 Å². The van der Waals surface area contributed by atoms with Gasteiger partial charge in [0.1, 0.15) is 0 Å². The standard InChI is InChI=1S/C19H20N2O4S2/c1-3-25-19(22)14-7-6-8-15(11-14)27(23,24)20-12-13(2)18-21-16-9-4-5-10-17(16)26-18/h4-11,13,20H,3,12H2,1-2H3. The van der Waals surface area contributed by atoms with Crippen molar-refractivity contribution >= 4 is 37.5 Å². The fraction of sp³-hybridized carbons (Fsp3) is 0.263. The Morgan fingerprint density at radius 2 is 2.00 bits per heavy atom. The van der Waals surface area contributed by atoms with E-state index in [2.05, 4.69) is 9.71 Å². The highest BCUT2D eigenvalue weighted by Gasteiger charge is 2.19. The van der Waals surface area contributed by atoms with Gasteiger partial charge in [0.25, 0.3) is 0 Å². The van der Waals surface area contributed by atoms with Gasteiger partial charge in [0, 0.05) is 12.5 Å². The minimum Gasteiger partial charge on any atom is -0.462 e. The van der Waals surface area contributed by atoms with Gasteiger partial charge in [-0.2, -0.15) is 0 Å². The zero-order valence-electron chi connectivity index (χ0n) is 15.0. The van der Waals surface area contributed by atoms with Crippen LogP contribution in [0.15, 0.2) is 53.4 Å². The lowest BCUT2D eigenvalue weighted by molar-refractivity contribution is 0.0526. The first-order chi connectivity index (χ1) is 12.9.